The van der Waals surface area contributed by atoms with Gasteiger partial charge in [-0.1, -0.05) is 6.07 Å². The molecule has 0 saturated heterocycles. The van der Waals surface area contributed by atoms with Crippen LogP contribution in [0.15, 0.2) is 29.8 Å². The molecule has 0 saturated carbocycles. The highest BCUT2D eigenvalue weighted by atomic mass is 32.1. The molecule has 0 fully saturated rings. The number of rotatable bonds is 6. The highest BCUT2D eigenvalue weighted by molar-refractivity contribution is 7.17. The van der Waals surface area contributed by atoms with E-state index in [0.717, 1.165) is 17.0 Å². The molecule has 0 aromatic carbocycles. The maximum Gasteiger partial charge on any atom is 0.350 e. The smallest absolute Gasteiger partial charge is 0.350 e. The number of nitrogens with zero attached hydrogens (tertiary/aromatic N) is 3. The lowest BCUT2D eigenvalue weighted by Gasteiger charge is -2.07. The SMILES string of the molecule is Cc1csc(CC(=O)NNC(=O)COC(=O)c2sc(-c3ccccn3)nc2C)n1. The van der Waals surface area contributed by atoms with Crippen molar-refractivity contribution in [2.45, 2.75) is 20.3 Å². The first-order valence-corrected chi connectivity index (χ1v) is 10.2. The average molecular weight is 431 g/mol. The summed E-state index contributed by atoms with van der Waals surface area (Å²) in [6, 6.07) is 5.40. The van der Waals surface area contributed by atoms with Gasteiger partial charge in [0, 0.05) is 17.3 Å². The maximum absolute atomic E-state index is 12.2. The van der Waals surface area contributed by atoms with Gasteiger partial charge in [0.05, 0.1) is 17.8 Å². The molecular formula is C18H17N5O4S2. The van der Waals surface area contributed by atoms with Crippen molar-refractivity contribution in [2.75, 3.05) is 6.61 Å². The average Bonchev–Trinajstić information content (AvgIpc) is 3.30. The third-order valence-electron chi connectivity index (χ3n) is 3.52. The van der Waals surface area contributed by atoms with E-state index >= 15 is 0 Å². The molecule has 11 heteroatoms. The van der Waals surface area contributed by atoms with Crippen molar-refractivity contribution in [3.8, 4) is 10.7 Å². The summed E-state index contributed by atoms with van der Waals surface area (Å²) >= 11 is 2.50. The summed E-state index contributed by atoms with van der Waals surface area (Å²) in [5, 5.41) is 3.07. The van der Waals surface area contributed by atoms with E-state index in [-0.39, 0.29) is 6.42 Å². The number of carbonyl (C=O) groups is 3. The lowest BCUT2D eigenvalue weighted by atomic mass is 10.3. The van der Waals surface area contributed by atoms with Gasteiger partial charge in [0.15, 0.2) is 6.61 Å². The minimum Gasteiger partial charge on any atom is -0.451 e. The molecule has 0 bridgehead atoms. The lowest BCUT2D eigenvalue weighted by molar-refractivity contribution is -0.130. The van der Waals surface area contributed by atoms with Crippen molar-refractivity contribution >= 4 is 40.5 Å². The Bertz CT molecular complexity index is 1030. The number of ether oxygens (including phenoxy) is 1. The second kappa shape index (κ2) is 9.34. The second-order valence-electron chi connectivity index (χ2n) is 5.88. The zero-order chi connectivity index (χ0) is 20.8. The van der Waals surface area contributed by atoms with Crippen LogP contribution >= 0.6 is 22.7 Å². The zero-order valence-electron chi connectivity index (χ0n) is 15.6. The van der Waals surface area contributed by atoms with E-state index in [1.807, 2.05) is 18.4 Å². The number of esters is 1. The largest absolute Gasteiger partial charge is 0.451 e. The number of aromatic nitrogens is 3. The monoisotopic (exact) mass is 431 g/mol. The van der Waals surface area contributed by atoms with E-state index in [2.05, 4.69) is 25.8 Å². The van der Waals surface area contributed by atoms with Gasteiger partial charge in [-0.2, -0.15) is 0 Å². The molecule has 29 heavy (non-hydrogen) atoms. The Morgan fingerprint density at radius 1 is 1.10 bits per heavy atom. The fourth-order valence-corrected chi connectivity index (χ4v) is 3.93. The van der Waals surface area contributed by atoms with Gasteiger partial charge >= 0.3 is 5.97 Å². The molecule has 2 amide bonds. The third kappa shape index (κ3) is 5.65. The van der Waals surface area contributed by atoms with Crippen LogP contribution < -0.4 is 10.9 Å². The van der Waals surface area contributed by atoms with Crippen LogP contribution in [0.1, 0.15) is 26.1 Å². The van der Waals surface area contributed by atoms with E-state index < -0.39 is 24.4 Å². The van der Waals surface area contributed by atoms with Crippen LogP contribution in [-0.4, -0.2) is 39.3 Å². The Morgan fingerprint density at radius 2 is 1.90 bits per heavy atom. The van der Waals surface area contributed by atoms with Gasteiger partial charge in [-0.05, 0) is 26.0 Å². The summed E-state index contributed by atoms with van der Waals surface area (Å²) in [4.78, 5) is 48.8. The molecule has 3 aromatic rings. The number of hydrogen-bond donors (Lipinski definition) is 2. The molecule has 0 aliphatic rings. The Labute approximate surface area is 174 Å². The van der Waals surface area contributed by atoms with E-state index in [1.165, 1.54) is 11.3 Å². The molecule has 0 spiro atoms. The predicted molar refractivity (Wildman–Crippen MR) is 107 cm³/mol. The van der Waals surface area contributed by atoms with Gasteiger partial charge in [0.1, 0.15) is 14.9 Å². The number of aryl methyl sites for hydroxylation is 2. The first-order chi connectivity index (χ1) is 13.9. The van der Waals surface area contributed by atoms with Crippen molar-refractivity contribution in [1.82, 2.24) is 25.8 Å². The summed E-state index contributed by atoms with van der Waals surface area (Å²) in [5.74, 6) is -1.74. The molecular weight excluding hydrogens is 414 g/mol. The van der Waals surface area contributed by atoms with Crippen molar-refractivity contribution < 1.29 is 19.1 Å². The summed E-state index contributed by atoms with van der Waals surface area (Å²) < 4.78 is 5.01. The molecule has 0 aliphatic carbocycles. The summed E-state index contributed by atoms with van der Waals surface area (Å²) in [5.41, 5.74) is 6.43. The van der Waals surface area contributed by atoms with Crippen LogP contribution in [0.25, 0.3) is 10.7 Å². The van der Waals surface area contributed by atoms with Crippen LogP contribution in [0, 0.1) is 13.8 Å². The zero-order valence-corrected chi connectivity index (χ0v) is 17.2. The predicted octanol–water partition coefficient (Wildman–Crippen LogP) is 1.83. The number of nitrogens with one attached hydrogen (secondary N) is 2. The number of carbonyl (C=O) groups excluding carboxylic acids is 3. The third-order valence-corrected chi connectivity index (χ3v) is 5.65. The molecule has 3 heterocycles. The molecule has 0 radical (unpaired) electrons. The van der Waals surface area contributed by atoms with E-state index in [1.54, 1.807) is 25.3 Å². The first kappa shape index (κ1) is 20.6. The molecule has 3 aromatic heterocycles. The number of amides is 2. The number of pyridine rings is 1. The lowest BCUT2D eigenvalue weighted by Crippen LogP contribution is -2.44. The summed E-state index contributed by atoms with van der Waals surface area (Å²) in [6.45, 7) is 2.98. The minimum atomic E-state index is -0.665. The van der Waals surface area contributed by atoms with Crippen molar-refractivity contribution in [3.63, 3.8) is 0 Å². The van der Waals surface area contributed by atoms with E-state index in [0.29, 0.717) is 26.3 Å². The highest BCUT2D eigenvalue weighted by Gasteiger charge is 2.19. The van der Waals surface area contributed by atoms with E-state index in [4.69, 9.17) is 4.74 Å². The maximum atomic E-state index is 12.2. The van der Waals surface area contributed by atoms with Gasteiger partial charge in [-0.15, -0.1) is 22.7 Å². The molecule has 0 atom stereocenters. The summed E-state index contributed by atoms with van der Waals surface area (Å²) in [7, 11) is 0. The van der Waals surface area contributed by atoms with Gasteiger partial charge in [0.25, 0.3) is 5.91 Å². The van der Waals surface area contributed by atoms with Crippen LogP contribution in [0.3, 0.4) is 0 Å². The van der Waals surface area contributed by atoms with E-state index in [9.17, 15) is 14.4 Å². The van der Waals surface area contributed by atoms with Crippen LogP contribution in [-0.2, 0) is 20.7 Å². The number of hydrogen-bond acceptors (Lipinski definition) is 9. The molecule has 150 valence electrons. The Kier molecular flexibility index (Phi) is 6.62. The van der Waals surface area contributed by atoms with Crippen molar-refractivity contribution in [2.24, 2.45) is 0 Å². The Balaban J connectivity index is 1.47. The topological polar surface area (TPSA) is 123 Å². The van der Waals surface area contributed by atoms with Crippen LogP contribution in [0.4, 0.5) is 0 Å². The van der Waals surface area contributed by atoms with Gasteiger partial charge in [0.2, 0.25) is 5.91 Å². The molecule has 2 N–H and O–H groups in total. The van der Waals surface area contributed by atoms with Crippen molar-refractivity contribution in [3.05, 3.63) is 51.0 Å². The van der Waals surface area contributed by atoms with Gasteiger partial charge in [-0.25, -0.2) is 14.8 Å². The molecule has 9 nitrogen and oxygen atoms in total. The fourth-order valence-electron chi connectivity index (χ4n) is 2.22. The first-order valence-electron chi connectivity index (χ1n) is 8.47. The van der Waals surface area contributed by atoms with Crippen LogP contribution in [0.5, 0.6) is 0 Å². The molecule has 0 aliphatic heterocycles. The molecule has 0 unspecified atom stereocenters. The molecule has 3 rings (SSSR count). The number of thiazole rings is 2. The second-order valence-corrected chi connectivity index (χ2v) is 7.82. The van der Waals surface area contributed by atoms with Gasteiger partial charge < -0.3 is 4.74 Å². The Morgan fingerprint density at radius 3 is 2.59 bits per heavy atom. The van der Waals surface area contributed by atoms with Crippen molar-refractivity contribution in [1.29, 1.82) is 0 Å². The summed E-state index contributed by atoms with van der Waals surface area (Å²) in [6.07, 6.45) is 1.69. The highest BCUT2D eigenvalue weighted by Crippen LogP contribution is 2.26. The quantitative estimate of drug-likeness (QED) is 0.451. The standard InChI is InChI=1S/C18H17N5O4S2/c1-10-9-28-15(20-10)7-13(24)22-23-14(25)8-27-18(26)16-11(2)21-17(29-16)12-5-3-4-6-19-12/h3-6,9H,7-8H2,1-2H3,(H,22,24)(H,23,25). The Hall–Kier alpha value is -3.18. The van der Waals surface area contributed by atoms with Crippen LogP contribution in [0.2, 0.25) is 0 Å². The van der Waals surface area contributed by atoms with Gasteiger partial charge in [-0.3, -0.25) is 25.4 Å². The number of hydrazine groups is 1. The minimum absolute atomic E-state index is 0.0505. The fraction of sp³-hybridized carbons (Fsp3) is 0.222. The normalized spacial score (nSPS) is 10.4.